The summed E-state index contributed by atoms with van der Waals surface area (Å²) >= 11 is 0. The van der Waals surface area contributed by atoms with Crippen LogP contribution in [0.2, 0.25) is 0 Å². The standard InChI is InChI=1S/C22H22O2/c1-22(2,3)16-12-13-17(21-19(23)10-7-11-20(21)24)18(14-16)15-8-5-4-6-9-15/h4-14,23-24H,1-3H3. The first-order valence-corrected chi connectivity index (χ1v) is 8.09. The van der Waals surface area contributed by atoms with Crippen molar-refractivity contribution in [2.75, 3.05) is 0 Å². The van der Waals surface area contributed by atoms with Gasteiger partial charge in [-0.2, -0.15) is 0 Å². The van der Waals surface area contributed by atoms with Crippen LogP contribution in [0.4, 0.5) is 0 Å². The molecule has 122 valence electrons. The summed E-state index contributed by atoms with van der Waals surface area (Å²) in [6.07, 6.45) is 0. The minimum Gasteiger partial charge on any atom is -0.507 e. The van der Waals surface area contributed by atoms with Crippen LogP contribution in [0, 0.1) is 0 Å². The summed E-state index contributed by atoms with van der Waals surface area (Å²) in [6, 6.07) is 21.1. The van der Waals surface area contributed by atoms with Crippen molar-refractivity contribution in [1.29, 1.82) is 0 Å². The summed E-state index contributed by atoms with van der Waals surface area (Å²) in [5, 5.41) is 20.6. The molecule has 0 saturated carbocycles. The second-order valence-corrected chi connectivity index (χ2v) is 7.05. The van der Waals surface area contributed by atoms with Crippen LogP contribution in [0.1, 0.15) is 26.3 Å². The van der Waals surface area contributed by atoms with Gasteiger partial charge in [0.2, 0.25) is 0 Å². The average Bonchev–Trinajstić information content (AvgIpc) is 2.55. The molecule has 3 rings (SSSR count). The van der Waals surface area contributed by atoms with E-state index in [-0.39, 0.29) is 16.9 Å². The molecule has 0 unspecified atom stereocenters. The Balaban J connectivity index is 2.31. The number of phenols is 2. The van der Waals surface area contributed by atoms with Crippen LogP contribution in [0.3, 0.4) is 0 Å². The Bertz CT molecular complexity index is 839. The molecule has 3 aromatic rings. The van der Waals surface area contributed by atoms with Crippen molar-refractivity contribution in [3.8, 4) is 33.8 Å². The highest BCUT2D eigenvalue weighted by molar-refractivity contribution is 5.89. The largest absolute Gasteiger partial charge is 0.507 e. The van der Waals surface area contributed by atoms with Gasteiger partial charge in [0.25, 0.3) is 0 Å². The van der Waals surface area contributed by atoms with Gasteiger partial charge in [0, 0.05) is 0 Å². The van der Waals surface area contributed by atoms with Gasteiger partial charge in [0.05, 0.1) is 5.56 Å². The molecule has 2 N–H and O–H groups in total. The highest BCUT2D eigenvalue weighted by Crippen LogP contribution is 2.43. The predicted molar refractivity (Wildman–Crippen MR) is 99.3 cm³/mol. The van der Waals surface area contributed by atoms with E-state index in [2.05, 4.69) is 32.9 Å². The van der Waals surface area contributed by atoms with Crippen LogP contribution >= 0.6 is 0 Å². The van der Waals surface area contributed by atoms with E-state index in [9.17, 15) is 10.2 Å². The molecule has 2 heteroatoms. The average molecular weight is 318 g/mol. The number of hydrogen-bond donors (Lipinski definition) is 2. The van der Waals surface area contributed by atoms with Crippen LogP contribution in [0.5, 0.6) is 11.5 Å². The third-order valence-electron chi connectivity index (χ3n) is 4.26. The van der Waals surface area contributed by atoms with Crippen molar-refractivity contribution >= 4 is 0 Å². The quantitative estimate of drug-likeness (QED) is 0.633. The van der Waals surface area contributed by atoms with E-state index in [4.69, 9.17) is 0 Å². The van der Waals surface area contributed by atoms with Gasteiger partial charge < -0.3 is 10.2 Å². The molecule has 0 spiro atoms. The van der Waals surface area contributed by atoms with Crippen molar-refractivity contribution in [3.05, 3.63) is 72.3 Å². The highest BCUT2D eigenvalue weighted by atomic mass is 16.3. The zero-order valence-corrected chi connectivity index (χ0v) is 14.2. The number of hydrogen-bond acceptors (Lipinski definition) is 2. The van der Waals surface area contributed by atoms with Crippen LogP contribution in [0.15, 0.2) is 66.7 Å². The van der Waals surface area contributed by atoms with Crippen molar-refractivity contribution in [2.24, 2.45) is 0 Å². The molecule has 0 saturated heterocycles. The van der Waals surface area contributed by atoms with Crippen molar-refractivity contribution < 1.29 is 10.2 Å². The van der Waals surface area contributed by atoms with Crippen LogP contribution in [0.25, 0.3) is 22.3 Å². The molecule has 2 nitrogen and oxygen atoms in total. The van der Waals surface area contributed by atoms with Crippen molar-refractivity contribution in [1.82, 2.24) is 0 Å². The van der Waals surface area contributed by atoms with Crippen molar-refractivity contribution in [3.63, 3.8) is 0 Å². The molecular formula is C22H22O2. The fourth-order valence-electron chi connectivity index (χ4n) is 2.89. The van der Waals surface area contributed by atoms with E-state index in [0.29, 0.717) is 5.56 Å². The molecule has 24 heavy (non-hydrogen) atoms. The fraction of sp³-hybridized carbons (Fsp3) is 0.182. The monoisotopic (exact) mass is 318 g/mol. The van der Waals surface area contributed by atoms with Gasteiger partial charge in [-0.15, -0.1) is 0 Å². The molecule has 0 heterocycles. The fourth-order valence-corrected chi connectivity index (χ4v) is 2.89. The topological polar surface area (TPSA) is 40.5 Å². The Labute approximate surface area is 143 Å². The number of aromatic hydroxyl groups is 2. The SMILES string of the molecule is CC(C)(C)c1ccc(-c2c(O)cccc2O)c(-c2ccccc2)c1. The molecule has 0 atom stereocenters. The van der Waals surface area contributed by atoms with Crippen molar-refractivity contribution in [2.45, 2.75) is 26.2 Å². The minimum absolute atomic E-state index is 0.0167. The lowest BCUT2D eigenvalue weighted by molar-refractivity contribution is 0.454. The molecular weight excluding hydrogens is 296 g/mol. The summed E-state index contributed by atoms with van der Waals surface area (Å²) in [5.41, 5.74) is 4.57. The summed E-state index contributed by atoms with van der Waals surface area (Å²) in [5.74, 6) is 0.159. The molecule has 0 fully saturated rings. The molecule has 0 radical (unpaired) electrons. The summed E-state index contributed by atoms with van der Waals surface area (Å²) in [6.45, 7) is 6.52. The van der Waals surface area contributed by atoms with E-state index < -0.39 is 0 Å². The van der Waals surface area contributed by atoms with E-state index >= 15 is 0 Å². The van der Waals surface area contributed by atoms with Gasteiger partial charge in [-0.1, -0.05) is 69.3 Å². The predicted octanol–water partition coefficient (Wildman–Crippen LogP) is 5.73. The Hall–Kier alpha value is -2.74. The molecule has 0 aliphatic carbocycles. The summed E-state index contributed by atoms with van der Waals surface area (Å²) < 4.78 is 0. The molecule has 0 bridgehead atoms. The Morgan fingerprint density at radius 3 is 1.88 bits per heavy atom. The van der Waals surface area contributed by atoms with E-state index in [1.807, 2.05) is 36.4 Å². The lowest BCUT2D eigenvalue weighted by Crippen LogP contribution is -2.11. The normalized spacial score (nSPS) is 11.5. The van der Waals surface area contributed by atoms with Crippen LogP contribution < -0.4 is 0 Å². The third kappa shape index (κ3) is 3.00. The second-order valence-electron chi connectivity index (χ2n) is 7.05. The molecule has 0 aliphatic heterocycles. The van der Waals surface area contributed by atoms with E-state index in [0.717, 1.165) is 16.7 Å². The Morgan fingerprint density at radius 1 is 0.667 bits per heavy atom. The maximum Gasteiger partial charge on any atom is 0.127 e. The number of phenolic OH excluding ortho intramolecular Hbond substituents is 2. The van der Waals surface area contributed by atoms with Gasteiger partial charge in [-0.3, -0.25) is 0 Å². The zero-order valence-electron chi connectivity index (χ0n) is 14.2. The molecule has 3 aromatic carbocycles. The molecule has 0 aromatic heterocycles. The smallest absolute Gasteiger partial charge is 0.127 e. The van der Waals surface area contributed by atoms with Crippen LogP contribution in [-0.2, 0) is 5.41 Å². The zero-order chi connectivity index (χ0) is 17.3. The van der Waals surface area contributed by atoms with Crippen LogP contribution in [-0.4, -0.2) is 10.2 Å². The first kappa shape index (κ1) is 16.1. The summed E-state index contributed by atoms with van der Waals surface area (Å²) in [4.78, 5) is 0. The second kappa shape index (κ2) is 6.04. The van der Waals surface area contributed by atoms with Gasteiger partial charge >= 0.3 is 0 Å². The third-order valence-corrected chi connectivity index (χ3v) is 4.26. The van der Waals surface area contributed by atoms with Gasteiger partial charge in [0.1, 0.15) is 11.5 Å². The Morgan fingerprint density at radius 2 is 1.29 bits per heavy atom. The minimum atomic E-state index is 0.0167. The lowest BCUT2D eigenvalue weighted by Gasteiger charge is -2.22. The van der Waals surface area contributed by atoms with Gasteiger partial charge in [-0.05, 0) is 45.9 Å². The Kier molecular flexibility index (Phi) is 4.06. The summed E-state index contributed by atoms with van der Waals surface area (Å²) in [7, 11) is 0. The molecule has 0 aliphatic rings. The number of rotatable bonds is 2. The first-order valence-electron chi connectivity index (χ1n) is 8.09. The van der Waals surface area contributed by atoms with E-state index in [1.165, 1.54) is 5.56 Å². The van der Waals surface area contributed by atoms with E-state index in [1.54, 1.807) is 18.2 Å². The molecule has 0 amide bonds. The lowest BCUT2D eigenvalue weighted by atomic mass is 9.83. The number of benzene rings is 3. The maximum atomic E-state index is 10.3. The van der Waals surface area contributed by atoms with Gasteiger partial charge in [-0.25, -0.2) is 0 Å². The maximum absolute atomic E-state index is 10.3. The first-order chi connectivity index (χ1) is 11.4. The highest BCUT2D eigenvalue weighted by Gasteiger charge is 2.19. The van der Waals surface area contributed by atoms with Gasteiger partial charge in [0.15, 0.2) is 0 Å².